The molecule has 0 amide bonds. The van der Waals surface area contributed by atoms with Gasteiger partial charge in [-0.15, -0.1) is 0 Å². The molecular weight excluding hydrogens is 330 g/mol. The van der Waals surface area contributed by atoms with Crippen molar-refractivity contribution >= 4 is 21.8 Å². The number of hydrogen-bond donors (Lipinski definition) is 0. The Balaban J connectivity index is 1.76. The van der Waals surface area contributed by atoms with E-state index < -0.39 is 0 Å². The molecule has 0 aliphatic carbocycles. The Hall–Kier alpha value is -3.52. The van der Waals surface area contributed by atoms with Crippen LogP contribution in [0.15, 0.2) is 91.0 Å². The van der Waals surface area contributed by atoms with Crippen LogP contribution in [0.2, 0.25) is 0 Å². The summed E-state index contributed by atoms with van der Waals surface area (Å²) in [5.41, 5.74) is 5.86. The molecule has 1 aromatic heterocycles. The van der Waals surface area contributed by atoms with E-state index in [2.05, 4.69) is 89.5 Å². The van der Waals surface area contributed by atoms with Gasteiger partial charge in [0.1, 0.15) is 5.75 Å². The number of aromatic nitrogens is 1. The van der Waals surface area contributed by atoms with Crippen LogP contribution in [0.1, 0.15) is 0 Å². The minimum atomic E-state index is 0.745. The lowest BCUT2D eigenvalue weighted by molar-refractivity contribution is 0.414. The molecule has 129 valence electrons. The first-order valence-electron chi connectivity index (χ1n) is 9.00. The normalized spacial score (nSPS) is 11.1. The highest BCUT2D eigenvalue weighted by Crippen LogP contribution is 2.33. The number of nitrogens with zero attached hydrogens (tertiary/aromatic N) is 1. The number of para-hydroxylation sites is 2. The van der Waals surface area contributed by atoms with E-state index in [9.17, 15) is 0 Å². The Morgan fingerprint density at radius 2 is 1.37 bits per heavy atom. The Bertz CT molecular complexity index is 1210. The fourth-order valence-electron chi connectivity index (χ4n) is 3.77. The molecule has 0 fully saturated rings. The predicted molar refractivity (Wildman–Crippen MR) is 112 cm³/mol. The first-order chi connectivity index (χ1) is 13.3. The Labute approximate surface area is 158 Å². The molecule has 5 rings (SSSR count). The second kappa shape index (κ2) is 6.33. The minimum absolute atomic E-state index is 0.745. The topological polar surface area (TPSA) is 14.2 Å². The average Bonchev–Trinajstić information content (AvgIpc) is 3.08. The summed E-state index contributed by atoms with van der Waals surface area (Å²) in [6, 6.07) is 34.8. The predicted octanol–water partition coefficient (Wildman–Crippen LogP) is 6.26. The third kappa shape index (κ3) is 2.58. The van der Waals surface area contributed by atoms with Crippen molar-refractivity contribution in [3.63, 3.8) is 0 Å². The van der Waals surface area contributed by atoms with Gasteiger partial charge in [-0.3, -0.25) is 0 Å². The molecule has 0 saturated carbocycles. The zero-order valence-corrected chi connectivity index (χ0v) is 15.0. The van der Waals surface area contributed by atoms with Crippen molar-refractivity contribution in [1.82, 2.24) is 4.57 Å². The monoisotopic (exact) mass is 348 g/mol. The maximum absolute atomic E-state index is 5.33. The van der Waals surface area contributed by atoms with E-state index >= 15 is 0 Å². The van der Waals surface area contributed by atoms with Crippen LogP contribution in [0.5, 0.6) is 5.75 Å². The third-order valence-electron chi connectivity index (χ3n) is 5.01. The third-order valence-corrected chi connectivity index (χ3v) is 5.01. The number of hydrogen-bond acceptors (Lipinski definition) is 1. The lowest BCUT2D eigenvalue weighted by Crippen LogP contribution is -1.94. The summed E-state index contributed by atoms with van der Waals surface area (Å²) in [6.45, 7) is 0. The highest BCUT2D eigenvalue weighted by atomic mass is 16.5. The summed E-state index contributed by atoms with van der Waals surface area (Å²) < 4.78 is 7.67. The maximum atomic E-state index is 5.33. The van der Waals surface area contributed by atoms with Gasteiger partial charge in [0.15, 0.2) is 0 Å². The van der Waals surface area contributed by atoms with Crippen molar-refractivity contribution in [2.24, 2.45) is 0 Å². The van der Waals surface area contributed by atoms with E-state index in [0.717, 1.165) is 22.6 Å². The Kier molecular flexibility index (Phi) is 3.68. The van der Waals surface area contributed by atoms with Gasteiger partial charge in [-0.05, 0) is 47.5 Å². The average molecular weight is 348 g/mol. The van der Waals surface area contributed by atoms with Crippen molar-refractivity contribution in [3.8, 4) is 22.6 Å². The van der Waals surface area contributed by atoms with Gasteiger partial charge in [-0.25, -0.2) is 0 Å². The van der Waals surface area contributed by atoms with Gasteiger partial charge in [-0.2, -0.15) is 0 Å². The van der Waals surface area contributed by atoms with E-state index in [4.69, 9.17) is 4.74 Å². The summed E-state index contributed by atoms with van der Waals surface area (Å²) in [7, 11) is 1.67. The van der Waals surface area contributed by atoms with Crippen LogP contribution in [-0.2, 0) is 0 Å². The molecule has 0 aliphatic rings. The molecule has 0 spiro atoms. The molecule has 0 aliphatic heterocycles. The molecule has 2 nitrogen and oxygen atoms in total. The zero-order chi connectivity index (χ0) is 18.2. The van der Waals surface area contributed by atoms with Gasteiger partial charge < -0.3 is 9.30 Å². The Morgan fingerprint density at radius 3 is 2.07 bits per heavy atom. The summed E-state index contributed by atoms with van der Waals surface area (Å²) in [6.07, 6.45) is 0. The van der Waals surface area contributed by atoms with Gasteiger partial charge in [0.05, 0.1) is 18.1 Å². The lowest BCUT2D eigenvalue weighted by atomic mass is 10.0. The van der Waals surface area contributed by atoms with Gasteiger partial charge >= 0.3 is 0 Å². The second-order valence-electron chi connectivity index (χ2n) is 6.57. The molecule has 0 N–H and O–H groups in total. The van der Waals surface area contributed by atoms with Gasteiger partial charge in [0, 0.05) is 22.5 Å². The molecule has 2 heteroatoms. The highest BCUT2D eigenvalue weighted by Gasteiger charge is 2.11. The number of benzene rings is 4. The summed E-state index contributed by atoms with van der Waals surface area (Å²) in [5.74, 6) is 0.745. The van der Waals surface area contributed by atoms with Crippen LogP contribution in [0.25, 0.3) is 38.6 Å². The van der Waals surface area contributed by atoms with Crippen molar-refractivity contribution in [3.05, 3.63) is 97.1 Å². The molecule has 5 aromatic rings. The van der Waals surface area contributed by atoms with Gasteiger partial charge in [0.2, 0.25) is 0 Å². The van der Waals surface area contributed by atoms with Crippen LogP contribution in [0, 0.1) is 6.07 Å². The van der Waals surface area contributed by atoms with Crippen LogP contribution in [-0.4, -0.2) is 11.7 Å². The smallest absolute Gasteiger partial charge is 0.127 e. The number of ether oxygens (including phenoxy) is 1. The molecule has 1 radical (unpaired) electrons. The fraction of sp³-hybridized carbons (Fsp3) is 0.0400. The standard InChI is InChI=1S/C25H18NO/c1-27-21-11-7-9-19(17-21)18-8-6-10-20(16-18)26-24-14-4-2-12-22(24)23-13-3-5-15-25(23)26/h2-10,12-17H,1H3. The van der Waals surface area contributed by atoms with Crippen molar-refractivity contribution in [2.45, 2.75) is 0 Å². The second-order valence-corrected chi connectivity index (χ2v) is 6.57. The maximum Gasteiger partial charge on any atom is 0.127 e. The van der Waals surface area contributed by atoms with E-state index in [1.165, 1.54) is 21.8 Å². The van der Waals surface area contributed by atoms with E-state index in [1.54, 1.807) is 7.11 Å². The fourth-order valence-corrected chi connectivity index (χ4v) is 3.77. The molecule has 0 unspecified atom stereocenters. The molecule has 1 heterocycles. The molecule has 0 saturated heterocycles. The van der Waals surface area contributed by atoms with Crippen LogP contribution in [0.4, 0.5) is 0 Å². The van der Waals surface area contributed by atoms with Gasteiger partial charge in [0.25, 0.3) is 0 Å². The van der Waals surface area contributed by atoms with E-state index in [1.807, 2.05) is 12.1 Å². The van der Waals surface area contributed by atoms with Crippen molar-refractivity contribution in [1.29, 1.82) is 0 Å². The van der Waals surface area contributed by atoms with E-state index in [-0.39, 0.29) is 0 Å². The van der Waals surface area contributed by atoms with Crippen LogP contribution >= 0.6 is 0 Å². The number of rotatable bonds is 3. The van der Waals surface area contributed by atoms with Gasteiger partial charge in [-0.1, -0.05) is 54.6 Å². The molecular formula is C25H18NO. The molecule has 27 heavy (non-hydrogen) atoms. The quantitative estimate of drug-likeness (QED) is 0.375. The zero-order valence-electron chi connectivity index (χ0n) is 15.0. The highest BCUT2D eigenvalue weighted by molar-refractivity contribution is 6.09. The Morgan fingerprint density at radius 1 is 0.704 bits per heavy atom. The first-order valence-corrected chi connectivity index (χ1v) is 9.00. The first kappa shape index (κ1) is 15.7. The van der Waals surface area contributed by atoms with E-state index in [0.29, 0.717) is 0 Å². The van der Waals surface area contributed by atoms with Crippen LogP contribution in [0.3, 0.4) is 0 Å². The summed E-state index contributed by atoms with van der Waals surface area (Å²) >= 11 is 0. The van der Waals surface area contributed by atoms with Crippen molar-refractivity contribution in [2.75, 3.05) is 7.11 Å². The largest absolute Gasteiger partial charge is 0.496 e. The number of methoxy groups -OCH3 is 1. The summed E-state index contributed by atoms with van der Waals surface area (Å²) in [4.78, 5) is 0. The van der Waals surface area contributed by atoms with Crippen molar-refractivity contribution < 1.29 is 4.74 Å². The molecule has 4 aromatic carbocycles. The lowest BCUT2D eigenvalue weighted by Gasteiger charge is -2.11. The number of fused-ring (bicyclic) bond motifs is 3. The SMILES string of the molecule is COc1[c]ccc(-c2cccc(-n3c4ccccc4c4ccccc43)c2)c1. The molecule has 0 bridgehead atoms. The summed E-state index contributed by atoms with van der Waals surface area (Å²) in [5, 5.41) is 2.55. The molecule has 0 atom stereocenters. The minimum Gasteiger partial charge on any atom is -0.496 e. The van der Waals surface area contributed by atoms with Crippen LogP contribution < -0.4 is 4.74 Å².